The third-order valence-electron chi connectivity index (χ3n) is 4.59. The van der Waals surface area contributed by atoms with E-state index < -0.39 is 12.7 Å². The van der Waals surface area contributed by atoms with Gasteiger partial charge in [0.15, 0.2) is 0 Å². The van der Waals surface area contributed by atoms with Crippen LogP contribution in [-0.2, 0) is 6.54 Å². The number of anilines is 2. The molecular formula is C25H29F3N4O2. The van der Waals surface area contributed by atoms with Gasteiger partial charge < -0.3 is 25.7 Å². The molecule has 3 aromatic rings. The number of nitrogens with zero attached hydrogens (tertiary/aromatic N) is 1. The van der Waals surface area contributed by atoms with Crippen LogP contribution in [0.15, 0.2) is 42.5 Å². The molecule has 3 rings (SSSR count). The number of hydrogen-bond acceptors (Lipinski definition) is 4. The summed E-state index contributed by atoms with van der Waals surface area (Å²) in [4.78, 5) is 11.7. The van der Waals surface area contributed by atoms with Crippen LogP contribution in [0.4, 0.5) is 24.5 Å². The number of amides is 1. The lowest BCUT2D eigenvalue weighted by Crippen LogP contribution is -2.18. The summed E-state index contributed by atoms with van der Waals surface area (Å²) < 4.78 is 45.6. The van der Waals surface area contributed by atoms with Crippen LogP contribution < -0.4 is 21.1 Å². The summed E-state index contributed by atoms with van der Waals surface area (Å²) in [5.74, 6) is 5.82. The van der Waals surface area contributed by atoms with E-state index >= 15 is 0 Å². The second kappa shape index (κ2) is 11.9. The number of benzene rings is 2. The van der Waals surface area contributed by atoms with Gasteiger partial charge >= 0.3 is 6.18 Å². The molecule has 0 saturated carbocycles. The molecule has 34 heavy (non-hydrogen) atoms. The Labute approximate surface area is 197 Å². The fourth-order valence-electron chi connectivity index (χ4n) is 3.16. The van der Waals surface area contributed by atoms with E-state index in [9.17, 15) is 18.0 Å². The van der Waals surface area contributed by atoms with Crippen molar-refractivity contribution in [1.29, 1.82) is 0 Å². The zero-order chi connectivity index (χ0) is 25.3. The zero-order valence-electron chi connectivity index (χ0n) is 19.6. The van der Waals surface area contributed by atoms with Crippen molar-refractivity contribution in [2.45, 2.75) is 33.0 Å². The van der Waals surface area contributed by atoms with Gasteiger partial charge in [0.1, 0.15) is 12.3 Å². The van der Waals surface area contributed by atoms with Gasteiger partial charge in [0.2, 0.25) is 0 Å². The van der Waals surface area contributed by atoms with Gasteiger partial charge in [-0.3, -0.25) is 4.79 Å². The van der Waals surface area contributed by atoms with Gasteiger partial charge in [-0.25, -0.2) is 0 Å². The first-order valence-electron chi connectivity index (χ1n) is 10.7. The van der Waals surface area contributed by atoms with E-state index in [1.54, 1.807) is 42.5 Å². The Morgan fingerprint density at radius 2 is 1.88 bits per heavy atom. The van der Waals surface area contributed by atoms with Crippen LogP contribution in [0.2, 0.25) is 0 Å². The Morgan fingerprint density at radius 1 is 1.18 bits per heavy atom. The molecule has 0 aliphatic heterocycles. The first-order chi connectivity index (χ1) is 16.1. The number of halogens is 3. The average molecular weight is 475 g/mol. The van der Waals surface area contributed by atoms with Crippen molar-refractivity contribution in [3.8, 4) is 17.6 Å². The summed E-state index contributed by atoms with van der Waals surface area (Å²) in [6, 6.07) is 11.3. The van der Waals surface area contributed by atoms with E-state index in [-0.39, 0.29) is 18.1 Å². The molecule has 0 atom stereocenters. The predicted molar refractivity (Wildman–Crippen MR) is 130 cm³/mol. The number of alkyl halides is 3. The lowest BCUT2D eigenvalue weighted by molar-refractivity contribution is -0.140. The number of nitrogens with two attached hydrogens (primary N) is 1. The maximum atomic E-state index is 13.1. The standard InChI is InChI=1S/C22H21F3N4O2.C3H8/c1-27-21(30)14-8-9-18(20(11-14)31-2)28-10-4-5-15-12-16-17(26)6-3-7-19(16)29(15)13-22(23,24)25;1-3-2/h3,6-9,11-12,28H,10,13,26H2,1-2H3,(H,27,30);3H2,1-2H3. The second-order valence-corrected chi connectivity index (χ2v) is 7.37. The van der Waals surface area contributed by atoms with Crippen molar-refractivity contribution in [1.82, 2.24) is 9.88 Å². The minimum absolute atomic E-state index is 0.151. The van der Waals surface area contributed by atoms with Crippen LogP contribution >= 0.6 is 0 Å². The van der Waals surface area contributed by atoms with Crippen molar-refractivity contribution in [3.63, 3.8) is 0 Å². The number of rotatable bonds is 5. The molecule has 0 aliphatic carbocycles. The lowest BCUT2D eigenvalue weighted by Gasteiger charge is -2.11. The summed E-state index contributed by atoms with van der Waals surface area (Å²) in [6.45, 7) is 3.24. The Morgan fingerprint density at radius 3 is 2.50 bits per heavy atom. The summed E-state index contributed by atoms with van der Waals surface area (Å²) in [6.07, 6.45) is -3.15. The highest BCUT2D eigenvalue weighted by molar-refractivity contribution is 5.95. The van der Waals surface area contributed by atoms with E-state index in [0.29, 0.717) is 33.6 Å². The molecule has 2 aromatic carbocycles. The smallest absolute Gasteiger partial charge is 0.406 e. The van der Waals surface area contributed by atoms with Crippen LogP contribution in [-0.4, -0.2) is 37.4 Å². The van der Waals surface area contributed by atoms with Gasteiger partial charge in [-0.1, -0.05) is 32.3 Å². The average Bonchev–Trinajstić information content (AvgIpc) is 3.13. The number of nitrogen functional groups attached to an aromatic ring is 1. The first kappa shape index (κ1) is 26.5. The van der Waals surface area contributed by atoms with Crippen LogP contribution in [0.1, 0.15) is 36.3 Å². The van der Waals surface area contributed by atoms with Gasteiger partial charge in [0, 0.05) is 23.7 Å². The van der Waals surface area contributed by atoms with E-state index in [2.05, 4.69) is 36.3 Å². The zero-order valence-corrected chi connectivity index (χ0v) is 19.6. The van der Waals surface area contributed by atoms with Gasteiger partial charge in [0.05, 0.1) is 30.6 Å². The van der Waals surface area contributed by atoms with E-state index in [0.717, 1.165) is 4.57 Å². The Bertz CT molecular complexity index is 1190. The topological polar surface area (TPSA) is 81.3 Å². The summed E-state index contributed by atoms with van der Waals surface area (Å²) in [5.41, 5.74) is 7.93. The van der Waals surface area contributed by atoms with E-state index in [1.807, 2.05) is 0 Å². The Hall–Kier alpha value is -3.80. The molecule has 0 bridgehead atoms. The molecule has 6 nitrogen and oxygen atoms in total. The Balaban J connectivity index is 0.00000129. The summed E-state index contributed by atoms with van der Waals surface area (Å²) in [7, 11) is 3.00. The highest BCUT2D eigenvalue weighted by Gasteiger charge is 2.29. The number of fused-ring (bicyclic) bond motifs is 1. The summed E-state index contributed by atoms with van der Waals surface area (Å²) >= 11 is 0. The number of ether oxygens (including phenoxy) is 1. The molecule has 0 aliphatic rings. The van der Waals surface area contributed by atoms with Crippen LogP contribution in [0.5, 0.6) is 5.75 Å². The highest BCUT2D eigenvalue weighted by Crippen LogP contribution is 2.29. The van der Waals surface area contributed by atoms with Crippen LogP contribution in [0.25, 0.3) is 10.9 Å². The minimum atomic E-state index is -4.40. The van der Waals surface area contributed by atoms with Crippen molar-refractivity contribution in [2.75, 3.05) is 31.8 Å². The van der Waals surface area contributed by atoms with Gasteiger partial charge in [0.25, 0.3) is 5.91 Å². The Kier molecular flexibility index (Phi) is 9.25. The lowest BCUT2D eigenvalue weighted by atomic mass is 10.1. The second-order valence-electron chi connectivity index (χ2n) is 7.37. The van der Waals surface area contributed by atoms with Gasteiger partial charge in [-0.15, -0.1) is 0 Å². The first-order valence-corrected chi connectivity index (χ1v) is 10.7. The monoisotopic (exact) mass is 474 g/mol. The molecule has 1 amide bonds. The molecule has 1 heterocycles. The SMILES string of the molecule is CCC.CNC(=O)c1ccc(NCC#Cc2cc3c(N)cccc3n2CC(F)(F)F)c(OC)c1. The van der Waals surface area contributed by atoms with Crippen LogP contribution in [0.3, 0.4) is 0 Å². The molecular weight excluding hydrogens is 445 g/mol. The third kappa shape index (κ3) is 6.85. The van der Waals surface area contributed by atoms with Crippen molar-refractivity contribution in [2.24, 2.45) is 0 Å². The van der Waals surface area contributed by atoms with Gasteiger partial charge in [-0.05, 0) is 42.3 Å². The molecule has 1 aromatic heterocycles. The molecule has 4 N–H and O–H groups in total. The maximum absolute atomic E-state index is 13.1. The molecule has 0 unspecified atom stereocenters. The van der Waals surface area contributed by atoms with E-state index in [4.69, 9.17) is 10.5 Å². The fraction of sp³-hybridized carbons (Fsp3) is 0.320. The largest absolute Gasteiger partial charge is 0.495 e. The molecule has 0 saturated heterocycles. The van der Waals surface area contributed by atoms with Gasteiger partial charge in [-0.2, -0.15) is 13.2 Å². The highest BCUT2D eigenvalue weighted by atomic mass is 19.4. The summed E-state index contributed by atoms with van der Waals surface area (Å²) in [5, 5.41) is 6.10. The number of carbonyl (C=O) groups is 1. The van der Waals surface area contributed by atoms with E-state index in [1.165, 1.54) is 20.6 Å². The number of nitrogens with one attached hydrogen (secondary N) is 2. The fourth-order valence-corrected chi connectivity index (χ4v) is 3.16. The quantitative estimate of drug-likeness (QED) is 0.358. The number of methoxy groups -OCH3 is 1. The minimum Gasteiger partial charge on any atom is -0.495 e. The predicted octanol–water partition coefficient (Wildman–Crippen LogP) is 5.03. The number of carbonyl (C=O) groups excluding carboxylic acids is 1. The molecule has 0 radical (unpaired) electrons. The third-order valence-corrected chi connectivity index (χ3v) is 4.59. The normalized spacial score (nSPS) is 10.6. The maximum Gasteiger partial charge on any atom is 0.406 e. The molecule has 0 fully saturated rings. The molecule has 0 spiro atoms. The van der Waals surface area contributed by atoms with Crippen molar-refractivity contribution >= 4 is 28.2 Å². The number of hydrogen-bond donors (Lipinski definition) is 3. The molecule has 182 valence electrons. The van der Waals surface area contributed by atoms with Crippen molar-refractivity contribution < 1.29 is 22.7 Å². The molecule has 9 heteroatoms. The van der Waals surface area contributed by atoms with Crippen LogP contribution in [0, 0.1) is 11.8 Å². The van der Waals surface area contributed by atoms with Crippen molar-refractivity contribution in [3.05, 3.63) is 53.7 Å². The number of aromatic nitrogens is 1.